The lowest BCUT2D eigenvalue weighted by Crippen LogP contribution is -2.50. The van der Waals surface area contributed by atoms with Gasteiger partial charge in [0.15, 0.2) is 0 Å². The summed E-state index contributed by atoms with van der Waals surface area (Å²) >= 11 is 0. The molecule has 1 saturated heterocycles. The van der Waals surface area contributed by atoms with Crippen molar-refractivity contribution in [1.82, 2.24) is 10.2 Å². The van der Waals surface area contributed by atoms with Crippen LogP contribution in [-0.2, 0) is 0 Å². The minimum absolute atomic E-state index is 0.522. The van der Waals surface area contributed by atoms with Crippen LogP contribution in [0.3, 0.4) is 0 Å². The lowest BCUT2D eigenvalue weighted by molar-refractivity contribution is 0.0551. The topological polar surface area (TPSA) is 15.3 Å². The average molecular weight is 295 g/mol. The monoisotopic (exact) mass is 294 g/mol. The summed E-state index contributed by atoms with van der Waals surface area (Å²) in [7, 11) is 0. The standard InChI is InChI=1S/C19H38N2/c1-6-18-10-9-17(5)21(18)14-19(13-20-15(2)3)11-7-8-16(4)12-19/h15-18,20H,6-14H2,1-5H3. The Morgan fingerprint density at radius 1 is 1.19 bits per heavy atom. The van der Waals surface area contributed by atoms with Crippen molar-refractivity contribution in [2.45, 2.75) is 97.7 Å². The summed E-state index contributed by atoms with van der Waals surface area (Å²) in [4.78, 5) is 2.86. The molecule has 21 heavy (non-hydrogen) atoms. The van der Waals surface area contributed by atoms with E-state index in [2.05, 4.69) is 44.8 Å². The molecule has 1 N–H and O–H groups in total. The van der Waals surface area contributed by atoms with E-state index in [9.17, 15) is 0 Å². The predicted molar refractivity (Wildman–Crippen MR) is 92.7 cm³/mol. The van der Waals surface area contributed by atoms with Crippen molar-refractivity contribution < 1.29 is 0 Å². The van der Waals surface area contributed by atoms with E-state index in [1.165, 1.54) is 58.0 Å². The number of nitrogens with one attached hydrogen (secondary N) is 1. The van der Waals surface area contributed by atoms with Crippen LogP contribution in [0.2, 0.25) is 0 Å². The van der Waals surface area contributed by atoms with Gasteiger partial charge in [-0.25, -0.2) is 0 Å². The van der Waals surface area contributed by atoms with Crippen molar-refractivity contribution in [3.63, 3.8) is 0 Å². The maximum absolute atomic E-state index is 3.77. The minimum atomic E-state index is 0.522. The number of likely N-dealkylation sites (tertiary alicyclic amines) is 1. The van der Waals surface area contributed by atoms with Crippen LogP contribution in [0.5, 0.6) is 0 Å². The van der Waals surface area contributed by atoms with Crippen LogP contribution in [-0.4, -0.2) is 36.1 Å². The largest absolute Gasteiger partial charge is 0.314 e. The first-order chi connectivity index (χ1) is 9.96. The molecule has 0 amide bonds. The van der Waals surface area contributed by atoms with Crippen molar-refractivity contribution in [3.8, 4) is 0 Å². The highest BCUT2D eigenvalue weighted by Crippen LogP contribution is 2.42. The molecular weight excluding hydrogens is 256 g/mol. The van der Waals surface area contributed by atoms with E-state index in [1.807, 2.05) is 0 Å². The van der Waals surface area contributed by atoms with Crippen LogP contribution in [0, 0.1) is 11.3 Å². The lowest BCUT2D eigenvalue weighted by atomic mass is 9.69. The van der Waals surface area contributed by atoms with Crippen LogP contribution >= 0.6 is 0 Å². The molecule has 2 fully saturated rings. The van der Waals surface area contributed by atoms with Crippen molar-refractivity contribution in [1.29, 1.82) is 0 Å². The van der Waals surface area contributed by atoms with Crippen LogP contribution in [0.25, 0.3) is 0 Å². The quantitative estimate of drug-likeness (QED) is 0.779. The second-order valence-electron chi connectivity index (χ2n) is 8.40. The Labute approximate surface area is 133 Å². The van der Waals surface area contributed by atoms with E-state index in [0.29, 0.717) is 11.5 Å². The van der Waals surface area contributed by atoms with Crippen molar-refractivity contribution in [2.75, 3.05) is 13.1 Å². The van der Waals surface area contributed by atoms with E-state index < -0.39 is 0 Å². The van der Waals surface area contributed by atoms with Gasteiger partial charge in [-0.15, -0.1) is 0 Å². The zero-order chi connectivity index (χ0) is 15.5. The van der Waals surface area contributed by atoms with E-state index >= 15 is 0 Å². The van der Waals surface area contributed by atoms with Crippen molar-refractivity contribution in [2.24, 2.45) is 11.3 Å². The van der Waals surface area contributed by atoms with Gasteiger partial charge in [-0.05, 0) is 50.4 Å². The molecule has 0 bridgehead atoms. The van der Waals surface area contributed by atoms with E-state index in [1.54, 1.807) is 0 Å². The van der Waals surface area contributed by atoms with Gasteiger partial charge >= 0.3 is 0 Å². The Kier molecular flexibility index (Phi) is 6.14. The minimum Gasteiger partial charge on any atom is -0.314 e. The molecule has 0 aromatic carbocycles. The molecule has 2 rings (SSSR count). The Bertz CT molecular complexity index is 315. The number of hydrogen-bond acceptors (Lipinski definition) is 2. The summed E-state index contributed by atoms with van der Waals surface area (Å²) in [5.74, 6) is 0.908. The SMILES string of the molecule is CCC1CCC(C)N1CC1(CNC(C)C)CCCC(C)C1. The fourth-order valence-corrected chi connectivity index (χ4v) is 4.79. The highest BCUT2D eigenvalue weighted by Gasteiger charge is 2.40. The first-order valence-corrected chi connectivity index (χ1v) is 9.45. The first-order valence-electron chi connectivity index (χ1n) is 9.45. The molecule has 0 spiro atoms. The van der Waals surface area contributed by atoms with E-state index in [-0.39, 0.29) is 0 Å². The molecule has 4 unspecified atom stereocenters. The second-order valence-corrected chi connectivity index (χ2v) is 8.40. The van der Waals surface area contributed by atoms with Gasteiger partial charge < -0.3 is 5.32 Å². The van der Waals surface area contributed by atoms with E-state index in [0.717, 1.165) is 18.0 Å². The Balaban J connectivity index is 2.07. The molecule has 2 aliphatic rings. The molecule has 2 heteroatoms. The Morgan fingerprint density at radius 3 is 2.57 bits per heavy atom. The first kappa shape index (κ1) is 17.3. The summed E-state index contributed by atoms with van der Waals surface area (Å²) < 4.78 is 0. The van der Waals surface area contributed by atoms with Gasteiger partial charge in [0.05, 0.1) is 0 Å². The molecular formula is C19H38N2. The molecule has 1 aliphatic carbocycles. The van der Waals surface area contributed by atoms with Gasteiger partial charge in [-0.1, -0.05) is 40.5 Å². The summed E-state index contributed by atoms with van der Waals surface area (Å²) in [6.45, 7) is 14.4. The predicted octanol–water partition coefficient (Wildman–Crippen LogP) is 4.44. The summed E-state index contributed by atoms with van der Waals surface area (Å²) in [6.07, 6.45) is 9.87. The molecule has 4 atom stereocenters. The fraction of sp³-hybridized carbons (Fsp3) is 1.00. The van der Waals surface area contributed by atoms with Gasteiger partial charge in [0.25, 0.3) is 0 Å². The zero-order valence-corrected chi connectivity index (χ0v) is 15.1. The van der Waals surface area contributed by atoms with E-state index in [4.69, 9.17) is 0 Å². The average Bonchev–Trinajstić information content (AvgIpc) is 2.77. The zero-order valence-electron chi connectivity index (χ0n) is 15.1. The van der Waals surface area contributed by atoms with Gasteiger partial charge in [-0.3, -0.25) is 4.90 Å². The molecule has 124 valence electrons. The normalized spacial score (nSPS) is 38.3. The van der Waals surface area contributed by atoms with Crippen LogP contribution < -0.4 is 5.32 Å². The van der Waals surface area contributed by atoms with Crippen LogP contribution in [0.15, 0.2) is 0 Å². The molecule has 0 aromatic heterocycles. The molecule has 2 nitrogen and oxygen atoms in total. The highest BCUT2D eigenvalue weighted by molar-refractivity contribution is 4.95. The molecule has 1 saturated carbocycles. The van der Waals surface area contributed by atoms with Crippen LogP contribution in [0.4, 0.5) is 0 Å². The molecule has 0 radical (unpaired) electrons. The lowest BCUT2D eigenvalue weighted by Gasteiger charge is -2.45. The number of rotatable bonds is 6. The molecule has 0 aromatic rings. The third-order valence-electron chi connectivity index (χ3n) is 6.01. The van der Waals surface area contributed by atoms with Crippen molar-refractivity contribution >= 4 is 0 Å². The smallest absolute Gasteiger partial charge is 0.00962 e. The van der Waals surface area contributed by atoms with Gasteiger partial charge in [0.2, 0.25) is 0 Å². The Hall–Kier alpha value is -0.0800. The van der Waals surface area contributed by atoms with Gasteiger partial charge in [-0.2, -0.15) is 0 Å². The number of hydrogen-bond donors (Lipinski definition) is 1. The summed E-state index contributed by atoms with van der Waals surface area (Å²) in [5.41, 5.74) is 0.522. The van der Waals surface area contributed by atoms with Crippen molar-refractivity contribution in [3.05, 3.63) is 0 Å². The van der Waals surface area contributed by atoms with Gasteiger partial charge in [0, 0.05) is 31.2 Å². The van der Waals surface area contributed by atoms with Gasteiger partial charge in [0.1, 0.15) is 0 Å². The molecule has 1 heterocycles. The third-order valence-corrected chi connectivity index (χ3v) is 6.01. The summed E-state index contributed by atoms with van der Waals surface area (Å²) in [6, 6.07) is 2.24. The molecule has 1 aliphatic heterocycles. The fourth-order valence-electron chi connectivity index (χ4n) is 4.79. The summed E-state index contributed by atoms with van der Waals surface area (Å²) in [5, 5.41) is 3.77. The maximum atomic E-state index is 3.77. The highest BCUT2D eigenvalue weighted by atomic mass is 15.2. The maximum Gasteiger partial charge on any atom is 0.00962 e. The second kappa shape index (κ2) is 7.46. The Morgan fingerprint density at radius 2 is 1.95 bits per heavy atom. The van der Waals surface area contributed by atoms with Crippen LogP contribution in [0.1, 0.15) is 79.6 Å². The number of nitrogens with zero attached hydrogens (tertiary/aromatic N) is 1. The third kappa shape index (κ3) is 4.45.